The van der Waals surface area contributed by atoms with Gasteiger partial charge in [0.05, 0.1) is 5.01 Å². The molecular formula is C19H21N3O3S3. The van der Waals surface area contributed by atoms with Gasteiger partial charge in [0.2, 0.25) is 0 Å². The number of nitrogens with zero attached hydrogens (tertiary/aromatic N) is 1. The highest BCUT2D eigenvalue weighted by Gasteiger charge is 2.15. The number of hydrogen-bond donors (Lipinski definition) is 2. The first kappa shape index (κ1) is 20.5. The standard InChI is InChI=1S/C19H21N3O3S3/c1-14-13-27-17(21-14)5-2-3-11-20-19(23)15-7-9-16(10-8-15)22-28(24,25)18-6-4-12-26-18/h4,6-10,12-13,22H,2-3,5,11H2,1H3,(H,20,23). The Balaban J connectivity index is 1.44. The summed E-state index contributed by atoms with van der Waals surface area (Å²) in [5, 5.41) is 7.77. The second kappa shape index (κ2) is 9.31. The second-order valence-electron chi connectivity index (χ2n) is 6.21. The fourth-order valence-electron chi connectivity index (χ4n) is 2.53. The van der Waals surface area contributed by atoms with Crippen LogP contribution in [0.1, 0.15) is 33.9 Å². The molecular weight excluding hydrogens is 414 g/mol. The van der Waals surface area contributed by atoms with E-state index in [2.05, 4.69) is 15.0 Å². The Labute approximate surface area is 172 Å². The lowest BCUT2D eigenvalue weighted by atomic mass is 10.2. The molecule has 9 heteroatoms. The second-order valence-corrected chi connectivity index (χ2v) is 10.0. The molecule has 0 aliphatic rings. The largest absolute Gasteiger partial charge is 0.352 e. The summed E-state index contributed by atoms with van der Waals surface area (Å²) in [4.78, 5) is 16.6. The van der Waals surface area contributed by atoms with E-state index in [1.54, 1.807) is 53.1 Å². The van der Waals surface area contributed by atoms with E-state index in [4.69, 9.17) is 0 Å². The minimum Gasteiger partial charge on any atom is -0.352 e. The summed E-state index contributed by atoms with van der Waals surface area (Å²) in [6.07, 6.45) is 2.77. The number of aromatic nitrogens is 1. The van der Waals surface area contributed by atoms with Crippen LogP contribution in [-0.2, 0) is 16.4 Å². The van der Waals surface area contributed by atoms with Gasteiger partial charge in [0.25, 0.3) is 15.9 Å². The normalized spacial score (nSPS) is 11.3. The van der Waals surface area contributed by atoms with Crippen molar-refractivity contribution in [3.8, 4) is 0 Å². The van der Waals surface area contributed by atoms with Crippen LogP contribution in [0.25, 0.3) is 0 Å². The predicted molar refractivity (Wildman–Crippen MR) is 114 cm³/mol. The van der Waals surface area contributed by atoms with Crippen molar-refractivity contribution in [3.05, 3.63) is 63.4 Å². The summed E-state index contributed by atoms with van der Waals surface area (Å²) >= 11 is 2.82. The highest BCUT2D eigenvalue weighted by molar-refractivity contribution is 7.94. The molecule has 0 fully saturated rings. The molecule has 3 aromatic rings. The minimum atomic E-state index is -3.58. The van der Waals surface area contributed by atoms with E-state index in [1.807, 2.05) is 12.3 Å². The van der Waals surface area contributed by atoms with Crippen LogP contribution >= 0.6 is 22.7 Å². The maximum absolute atomic E-state index is 12.2. The summed E-state index contributed by atoms with van der Waals surface area (Å²) in [6, 6.07) is 9.63. The molecule has 0 aliphatic carbocycles. The van der Waals surface area contributed by atoms with Crippen LogP contribution in [0.2, 0.25) is 0 Å². The fraction of sp³-hybridized carbons (Fsp3) is 0.263. The van der Waals surface area contributed by atoms with E-state index < -0.39 is 10.0 Å². The molecule has 2 aromatic heterocycles. The molecule has 28 heavy (non-hydrogen) atoms. The highest BCUT2D eigenvalue weighted by atomic mass is 32.2. The SMILES string of the molecule is Cc1csc(CCCCNC(=O)c2ccc(NS(=O)(=O)c3cccs3)cc2)n1. The van der Waals surface area contributed by atoms with Gasteiger partial charge in [0, 0.05) is 28.9 Å². The van der Waals surface area contributed by atoms with Gasteiger partial charge in [-0.05, 0) is 61.9 Å². The van der Waals surface area contributed by atoms with Crippen molar-refractivity contribution in [3.63, 3.8) is 0 Å². The maximum atomic E-state index is 12.2. The Morgan fingerprint density at radius 3 is 2.54 bits per heavy atom. The Kier molecular flexibility index (Phi) is 6.82. The first-order valence-electron chi connectivity index (χ1n) is 8.80. The Hall–Kier alpha value is -2.23. The third kappa shape index (κ3) is 5.63. The summed E-state index contributed by atoms with van der Waals surface area (Å²) in [7, 11) is -3.58. The predicted octanol–water partition coefficient (Wildman–Crippen LogP) is 4.07. The lowest BCUT2D eigenvalue weighted by molar-refractivity contribution is 0.0953. The van der Waals surface area contributed by atoms with Crippen LogP contribution in [0, 0.1) is 6.92 Å². The van der Waals surface area contributed by atoms with Gasteiger partial charge in [-0.3, -0.25) is 9.52 Å². The third-order valence-electron chi connectivity index (χ3n) is 3.93. The van der Waals surface area contributed by atoms with Gasteiger partial charge in [-0.1, -0.05) is 6.07 Å². The minimum absolute atomic E-state index is 0.169. The molecule has 2 N–H and O–H groups in total. The van der Waals surface area contributed by atoms with E-state index in [0.29, 0.717) is 17.8 Å². The molecule has 0 atom stereocenters. The van der Waals surface area contributed by atoms with Crippen molar-refractivity contribution in [1.82, 2.24) is 10.3 Å². The van der Waals surface area contributed by atoms with Crippen LogP contribution < -0.4 is 10.0 Å². The van der Waals surface area contributed by atoms with Crippen LogP contribution in [0.5, 0.6) is 0 Å². The van der Waals surface area contributed by atoms with E-state index in [0.717, 1.165) is 41.3 Å². The van der Waals surface area contributed by atoms with E-state index in [9.17, 15) is 13.2 Å². The number of anilines is 1. The summed E-state index contributed by atoms with van der Waals surface area (Å²) in [5.74, 6) is -0.169. The molecule has 0 aliphatic heterocycles. The molecule has 2 heterocycles. The molecule has 3 rings (SSSR count). The van der Waals surface area contributed by atoms with Crippen LogP contribution in [0.3, 0.4) is 0 Å². The van der Waals surface area contributed by atoms with Crippen LogP contribution in [0.15, 0.2) is 51.4 Å². The zero-order chi connectivity index (χ0) is 20.0. The smallest absolute Gasteiger partial charge is 0.271 e. The number of carbonyl (C=O) groups is 1. The number of rotatable bonds is 9. The summed E-state index contributed by atoms with van der Waals surface area (Å²) in [6.45, 7) is 2.58. The average molecular weight is 436 g/mol. The zero-order valence-corrected chi connectivity index (χ0v) is 17.8. The topological polar surface area (TPSA) is 88.2 Å². The number of sulfonamides is 1. The Morgan fingerprint density at radius 1 is 1.11 bits per heavy atom. The number of aryl methyl sites for hydroxylation is 2. The van der Waals surface area contributed by atoms with E-state index >= 15 is 0 Å². The van der Waals surface area contributed by atoms with Gasteiger partial charge < -0.3 is 5.32 Å². The molecule has 0 saturated carbocycles. The average Bonchev–Trinajstić information content (AvgIpc) is 3.34. The Bertz CT molecular complexity index is 1010. The molecule has 0 bridgehead atoms. The highest BCUT2D eigenvalue weighted by Crippen LogP contribution is 2.20. The van der Waals surface area contributed by atoms with Gasteiger partial charge in [-0.2, -0.15) is 0 Å². The first-order chi connectivity index (χ1) is 13.4. The zero-order valence-electron chi connectivity index (χ0n) is 15.3. The molecule has 0 spiro atoms. The van der Waals surface area contributed by atoms with Crippen LogP contribution in [0.4, 0.5) is 5.69 Å². The van der Waals surface area contributed by atoms with Crippen molar-refractivity contribution in [2.45, 2.75) is 30.4 Å². The van der Waals surface area contributed by atoms with Crippen molar-refractivity contribution < 1.29 is 13.2 Å². The summed E-state index contributed by atoms with van der Waals surface area (Å²) in [5.41, 5.74) is 1.97. The molecule has 148 valence electrons. The number of carbonyl (C=O) groups excluding carboxylic acids is 1. The molecule has 1 amide bonds. The molecule has 1 aromatic carbocycles. The third-order valence-corrected chi connectivity index (χ3v) is 7.73. The number of hydrogen-bond acceptors (Lipinski definition) is 6. The molecule has 0 unspecified atom stereocenters. The molecule has 0 saturated heterocycles. The monoisotopic (exact) mass is 435 g/mol. The summed E-state index contributed by atoms with van der Waals surface area (Å²) < 4.78 is 27.2. The van der Waals surface area contributed by atoms with Crippen molar-refractivity contribution in [2.75, 3.05) is 11.3 Å². The van der Waals surface area contributed by atoms with Crippen molar-refractivity contribution >= 4 is 44.3 Å². The number of nitrogens with one attached hydrogen (secondary N) is 2. The number of amides is 1. The molecule has 0 radical (unpaired) electrons. The number of thiophene rings is 1. The first-order valence-corrected chi connectivity index (χ1v) is 12.0. The van der Waals surface area contributed by atoms with Crippen LogP contribution in [-0.4, -0.2) is 25.9 Å². The lowest BCUT2D eigenvalue weighted by Gasteiger charge is -2.08. The van der Waals surface area contributed by atoms with E-state index in [-0.39, 0.29) is 10.1 Å². The number of benzene rings is 1. The maximum Gasteiger partial charge on any atom is 0.271 e. The quantitative estimate of drug-likeness (QED) is 0.496. The fourth-order valence-corrected chi connectivity index (χ4v) is 5.40. The van der Waals surface area contributed by atoms with Gasteiger partial charge in [0.15, 0.2) is 0 Å². The van der Waals surface area contributed by atoms with Gasteiger partial charge >= 0.3 is 0 Å². The molecule has 6 nitrogen and oxygen atoms in total. The van der Waals surface area contributed by atoms with E-state index in [1.165, 1.54) is 0 Å². The number of unbranched alkanes of at least 4 members (excludes halogenated alkanes) is 1. The van der Waals surface area contributed by atoms with Crippen molar-refractivity contribution in [2.24, 2.45) is 0 Å². The van der Waals surface area contributed by atoms with Gasteiger partial charge in [-0.15, -0.1) is 22.7 Å². The van der Waals surface area contributed by atoms with Crippen molar-refractivity contribution in [1.29, 1.82) is 0 Å². The lowest BCUT2D eigenvalue weighted by Crippen LogP contribution is -2.24. The Morgan fingerprint density at radius 2 is 1.89 bits per heavy atom. The van der Waals surface area contributed by atoms with Gasteiger partial charge in [0.1, 0.15) is 4.21 Å². The number of thiazole rings is 1. The van der Waals surface area contributed by atoms with Gasteiger partial charge in [-0.25, -0.2) is 13.4 Å².